The van der Waals surface area contributed by atoms with Crippen molar-refractivity contribution in [1.29, 1.82) is 0 Å². The third-order valence-corrected chi connectivity index (χ3v) is 5.36. The first-order valence-corrected chi connectivity index (χ1v) is 7.84. The molecule has 0 N–H and O–H groups in total. The van der Waals surface area contributed by atoms with Gasteiger partial charge in [-0.3, -0.25) is 0 Å². The highest BCUT2D eigenvalue weighted by Crippen LogP contribution is 2.42. The zero-order valence-electron chi connectivity index (χ0n) is 12.2. The lowest BCUT2D eigenvalue weighted by Crippen LogP contribution is -2.23. The van der Waals surface area contributed by atoms with Crippen LogP contribution in [0.25, 0.3) is 0 Å². The van der Waals surface area contributed by atoms with Crippen molar-refractivity contribution in [2.45, 2.75) is 43.9 Å². The first kappa shape index (κ1) is 13.7. The maximum absolute atomic E-state index is 6.83. The molecule has 20 heavy (non-hydrogen) atoms. The molecule has 0 aliphatic heterocycles. The van der Waals surface area contributed by atoms with E-state index in [0.717, 1.165) is 0 Å². The van der Waals surface area contributed by atoms with Gasteiger partial charge in [0.15, 0.2) is 0 Å². The molecule has 0 nitrogen and oxygen atoms in total. The van der Waals surface area contributed by atoms with Gasteiger partial charge in [0, 0.05) is 5.41 Å². The molecule has 0 radical (unpaired) electrons. The summed E-state index contributed by atoms with van der Waals surface area (Å²) in [6.45, 7) is 4.46. The number of rotatable bonds is 3. The minimum atomic E-state index is -0.0738. The molecule has 0 saturated heterocycles. The van der Waals surface area contributed by atoms with E-state index in [1.807, 2.05) is 0 Å². The van der Waals surface area contributed by atoms with E-state index in [0.29, 0.717) is 0 Å². The van der Waals surface area contributed by atoms with Crippen LogP contribution in [-0.4, -0.2) is 0 Å². The van der Waals surface area contributed by atoms with E-state index in [9.17, 15) is 0 Å². The molecule has 1 heteroatoms. The molecule has 0 aromatic heterocycles. The van der Waals surface area contributed by atoms with Gasteiger partial charge in [0.1, 0.15) is 0 Å². The minimum Gasteiger partial charge on any atom is -0.117 e. The molecule has 0 saturated carbocycles. The smallest absolute Gasteiger partial charge is 0.0676 e. The fourth-order valence-electron chi connectivity index (χ4n) is 3.18. The SMILES string of the molecule is CC(C)(c1ccccc1)C(Cl)c1ccc2c(c1)CCC2. The van der Waals surface area contributed by atoms with E-state index < -0.39 is 0 Å². The predicted octanol–water partition coefficient (Wildman–Crippen LogP) is 5.43. The van der Waals surface area contributed by atoms with Crippen LogP contribution < -0.4 is 0 Å². The Morgan fingerprint density at radius 2 is 1.65 bits per heavy atom. The quantitative estimate of drug-likeness (QED) is 0.659. The first-order chi connectivity index (χ1) is 9.59. The molecular weight excluding hydrogens is 264 g/mol. The number of fused-ring (bicyclic) bond motifs is 1. The second kappa shape index (κ2) is 5.26. The van der Waals surface area contributed by atoms with Gasteiger partial charge in [-0.05, 0) is 41.5 Å². The monoisotopic (exact) mass is 284 g/mol. The van der Waals surface area contributed by atoms with Crippen LogP contribution in [0.1, 0.15) is 47.9 Å². The standard InChI is InChI=1S/C19H21Cl/c1-19(2,17-9-4-3-5-10-17)18(20)16-12-11-14-7-6-8-15(14)13-16/h3-5,9-13,18H,6-8H2,1-2H3. The molecule has 1 aliphatic rings. The van der Waals surface area contributed by atoms with Crippen molar-refractivity contribution < 1.29 is 0 Å². The largest absolute Gasteiger partial charge is 0.117 e. The summed E-state index contributed by atoms with van der Waals surface area (Å²) in [6, 6.07) is 17.4. The van der Waals surface area contributed by atoms with Crippen LogP contribution in [0.3, 0.4) is 0 Å². The lowest BCUT2D eigenvalue weighted by Gasteiger charge is -2.31. The second-order valence-electron chi connectivity index (χ2n) is 6.33. The fourth-order valence-corrected chi connectivity index (χ4v) is 3.44. The van der Waals surface area contributed by atoms with Crippen LogP contribution >= 0.6 is 11.6 Å². The average Bonchev–Trinajstić information content (AvgIpc) is 2.94. The first-order valence-electron chi connectivity index (χ1n) is 7.40. The Kier molecular flexibility index (Phi) is 3.60. The average molecular weight is 285 g/mol. The summed E-state index contributed by atoms with van der Waals surface area (Å²) in [5.41, 5.74) is 5.48. The molecule has 0 heterocycles. The van der Waals surface area contributed by atoms with E-state index in [1.165, 1.54) is 41.5 Å². The van der Waals surface area contributed by atoms with E-state index in [4.69, 9.17) is 11.6 Å². The van der Waals surface area contributed by atoms with Gasteiger partial charge in [-0.25, -0.2) is 0 Å². The van der Waals surface area contributed by atoms with Crippen molar-refractivity contribution in [1.82, 2.24) is 0 Å². The van der Waals surface area contributed by atoms with E-state index in [1.54, 1.807) is 0 Å². The van der Waals surface area contributed by atoms with Gasteiger partial charge in [-0.15, -0.1) is 11.6 Å². The van der Waals surface area contributed by atoms with Gasteiger partial charge in [0.05, 0.1) is 5.38 Å². The molecule has 2 aromatic rings. The van der Waals surface area contributed by atoms with Crippen LogP contribution in [0.4, 0.5) is 0 Å². The highest BCUT2D eigenvalue weighted by molar-refractivity contribution is 6.21. The Labute approximate surface area is 126 Å². The Morgan fingerprint density at radius 3 is 2.40 bits per heavy atom. The van der Waals surface area contributed by atoms with Crippen molar-refractivity contribution >= 4 is 11.6 Å². The molecule has 3 rings (SSSR count). The van der Waals surface area contributed by atoms with Gasteiger partial charge in [0.25, 0.3) is 0 Å². The number of hydrogen-bond acceptors (Lipinski definition) is 0. The third-order valence-electron chi connectivity index (χ3n) is 4.57. The maximum atomic E-state index is 6.83. The van der Waals surface area contributed by atoms with Gasteiger partial charge in [-0.1, -0.05) is 62.4 Å². The summed E-state index contributed by atoms with van der Waals surface area (Å²) in [7, 11) is 0. The summed E-state index contributed by atoms with van der Waals surface area (Å²) >= 11 is 6.83. The summed E-state index contributed by atoms with van der Waals surface area (Å²) in [5, 5.41) is -0.00389. The highest BCUT2D eigenvalue weighted by Gasteiger charge is 2.31. The Balaban J connectivity index is 1.94. The molecule has 1 unspecified atom stereocenters. The normalized spacial score (nSPS) is 15.9. The lowest BCUT2D eigenvalue weighted by molar-refractivity contribution is 0.504. The van der Waals surface area contributed by atoms with Gasteiger partial charge in [-0.2, -0.15) is 0 Å². The van der Waals surface area contributed by atoms with Gasteiger partial charge < -0.3 is 0 Å². The van der Waals surface area contributed by atoms with Crippen molar-refractivity contribution in [3.8, 4) is 0 Å². The summed E-state index contributed by atoms with van der Waals surface area (Å²) < 4.78 is 0. The van der Waals surface area contributed by atoms with Crippen LogP contribution in [0.2, 0.25) is 0 Å². The summed E-state index contributed by atoms with van der Waals surface area (Å²) in [4.78, 5) is 0. The Hall–Kier alpha value is -1.27. The van der Waals surface area contributed by atoms with Crippen LogP contribution in [0.15, 0.2) is 48.5 Å². The molecule has 0 bridgehead atoms. The molecule has 1 aliphatic carbocycles. The molecule has 0 amide bonds. The Bertz CT molecular complexity index is 598. The summed E-state index contributed by atoms with van der Waals surface area (Å²) in [6.07, 6.45) is 3.72. The van der Waals surface area contributed by atoms with Gasteiger partial charge >= 0.3 is 0 Å². The zero-order valence-corrected chi connectivity index (χ0v) is 13.0. The fraction of sp³-hybridized carbons (Fsp3) is 0.368. The highest BCUT2D eigenvalue weighted by atomic mass is 35.5. The third kappa shape index (κ3) is 2.38. The topological polar surface area (TPSA) is 0 Å². The van der Waals surface area contributed by atoms with Crippen molar-refractivity contribution in [2.24, 2.45) is 0 Å². The lowest BCUT2D eigenvalue weighted by atomic mass is 9.78. The molecule has 104 valence electrons. The predicted molar refractivity (Wildman–Crippen MR) is 86.5 cm³/mol. The Morgan fingerprint density at radius 1 is 0.950 bits per heavy atom. The number of aryl methyl sites for hydroxylation is 2. The van der Waals surface area contributed by atoms with Crippen molar-refractivity contribution in [3.05, 3.63) is 70.8 Å². The molecule has 0 spiro atoms. The van der Waals surface area contributed by atoms with E-state index in [-0.39, 0.29) is 10.8 Å². The number of alkyl halides is 1. The number of benzene rings is 2. The van der Waals surface area contributed by atoms with Crippen LogP contribution in [0, 0.1) is 0 Å². The van der Waals surface area contributed by atoms with Crippen molar-refractivity contribution in [3.63, 3.8) is 0 Å². The molecule has 0 fully saturated rings. The maximum Gasteiger partial charge on any atom is 0.0676 e. The minimum absolute atomic E-state index is 0.00389. The second-order valence-corrected chi connectivity index (χ2v) is 6.77. The van der Waals surface area contributed by atoms with E-state index in [2.05, 4.69) is 62.4 Å². The summed E-state index contributed by atoms with van der Waals surface area (Å²) in [5.74, 6) is 0. The van der Waals surface area contributed by atoms with Crippen LogP contribution in [-0.2, 0) is 18.3 Å². The number of halogens is 1. The van der Waals surface area contributed by atoms with Gasteiger partial charge in [0.2, 0.25) is 0 Å². The molecule has 1 atom stereocenters. The molecule has 2 aromatic carbocycles. The van der Waals surface area contributed by atoms with Crippen molar-refractivity contribution in [2.75, 3.05) is 0 Å². The van der Waals surface area contributed by atoms with Crippen LogP contribution in [0.5, 0.6) is 0 Å². The zero-order chi connectivity index (χ0) is 14.2. The van der Waals surface area contributed by atoms with E-state index >= 15 is 0 Å². The number of hydrogen-bond donors (Lipinski definition) is 0. The molecular formula is C19H21Cl.